The minimum absolute atomic E-state index is 0.0364. The molecule has 0 amide bonds. The molecule has 1 nitrogen and oxygen atoms in total. The highest BCUT2D eigenvalue weighted by Gasteiger charge is 2.32. The molecule has 1 heteroatoms. The van der Waals surface area contributed by atoms with Gasteiger partial charge in [-0.2, -0.15) is 0 Å². The fourth-order valence-electron chi connectivity index (χ4n) is 4.84. The first kappa shape index (κ1) is 28.3. The van der Waals surface area contributed by atoms with Crippen LogP contribution in [0.25, 0.3) is 0 Å². The summed E-state index contributed by atoms with van der Waals surface area (Å²) < 4.78 is 0. The summed E-state index contributed by atoms with van der Waals surface area (Å²) in [5, 5.41) is 0. The van der Waals surface area contributed by atoms with E-state index >= 15 is 0 Å². The molecule has 0 heterocycles. The van der Waals surface area contributed by atoms with Gasteiger partial charge in [-0.15, -0.1) is 0 Å². The van der Waals surface area contributed by atoms with Gasteiger partial charge in [-0.1, -0.05) is 110 Å². The molecule has 2 N–H and O–H groups in total. The highest BCUT2D eigenvalue weighted by atomic mass is 14.6. The van der Waals surface area contributed by atoms with Crippen LogP contribution in [-0.2, 0) is 5.41 Å². The first-order valence-electron chi connectivity index (χ1n) is 13.0. The van der Waals surface area contributed by atoms with E-state index in [0.29, 0.717) is 0 Å². The Balaban J connectivity index is 2.99. The van der Waals surface area contributed by atoms with Crippen LogP contribution >= 0.6 is 0 Å². The third-order valence-corrected chi connectivity index (χ3v) is 8.63. The number of unbranched alkanes of at least 4 members (excludes halogenated alkanes) is 1. The normalized spacial score (nSPS) is 17.0. The fraction of sp³-hybridized carbons (Fsp3) is 0.613. The molecule has 1 aromatic rings. The Morgan fingerprint density at radius 3 is 1.84 bits per heavy atom. The Labute approximate surface area is 200 Å². The molecule has 0 saturated heterocycles. The molecule has 0 aliphatic carbocycles. The lowest BCUT2D eigenvalue weighted by molar-refractivity contribution is 0.318. The van der Waals surface area contributed by atoms with Gasteiger partial charge in [-0.3, -0.25) is 0 Å². The molecular weight excluding hydrogens is 386 g/mol. The van der Waals surface area contributed by atoms with Crippen LogP contribution in [0.5, 0.6) is 0 Å². The van der Waals surface area contributed by atoms with Crippen LogP contribution in [0, 0.1) is 10.8 Å². The molecule has 2 unspecified atom stereocenters. The third kappa shape index (κ3) is 6.63. The van der Waals surface area contributed by atoms with Crippen molar-refractivity contribution in [1.82, 2.24) is 0 Å². The van der Waals surface area contributed by atoms with E-state index in [9.17, 15) is 0 Å². The largest absolute Gasteiger partial charge is 0.398 e. The van der Waals surface area contributed by atoms with Crippen molar-refractivity contribution < 1.29 is 0 Å². The van der Waals surface area contributed by atoms with Crippen LogP contribution in [0.3, 0.4) is 0 Å². The molecule has 1 aromatic carbocycles. The Morgan fingerprint density at radius 2 is 1.38 bits per heavy atom. The van der Waals surface area contributed by atoms with Crippen LogP contribution in [-0.4, -0.2) is 0 Å². The summed E-state index contributed by atoms with van der Waals surface area (Å²) in [4.78, 5) is 0. The number of hydrogen-bond acceptors (Lipinski definition) is 1. The topological polar surface area (TPSA) is 26.0 Å². The lowest BCUT2D eigenvalue weighted by atomic mass is 9.69. The van der Waals surface area contributed by atoms with Gasteiger partial charge in [0.2, 0.25) is 0 Å². The molecular formula is C31H51N. The molecule has 0 aromatic heterocycles. The predicted octanol–water partition coefficient (Wildman–Crippen LogP) is 9.50. The first-order chi connectivity index (χ1) is 15.1. The number of hydrogen-bond donors (Lipinski definition) is 1. The molecule has 0 spiro atoms. The van der Waals surface area contributed by atoms with E-state index in [-0.39, 0.29) is 16.2 Å². The first-order valence-corrected chi connectivity index (χ1v) is 13.0. The standard InChI is InChI=1S/C31H51N/c1-10-20-27(29(7,11-2)12-3)28(32)25(6)30(8,13-4)23-18-19-24-31(9,14-5)26-21-16-15-17-22-26/h10,15-17,20-22H,6,11-14,18-19,23-24,32H2,1-5,7-9H3/b20-10-,28-27-. The van der Waals surface area contributed by atoms with Crippen LogP contribution in [0.4, 0.5) is 0 Å². The van der Waals surface area contributed by atoms with Crippen LogP contribution in [0.1, 0.15) is 112 Å². The van der Waals surface area contributed by atoms with Crippen molar-refractivity contribution in [2.45, 2.75) is 112 Å². The highest BCUT2D eigenvalue weighted by molar-refractivity contribution is 5.43. The van der Waals surface area contributed by atoms with Crippen LogP contribution in [0.2, 0.25) is 0 Å². The smallest absolute Gasteiger partial charge is 0.0384 e. The Kier molecular flexibility index (Phi) is 11.0. The molecule has 1 rings (SSSR count). The van der Waals surface area contributed by atoms with E-state index in [2.05, 4.69) is 104 Å². The Hall–Kier alpha value is -1.76. The second-order valence-corrected chi connectivity index (χ2v) is 10.5. The van der Waals surface area contributed by atoms with E-state index in [1.807, 2.05) is 0 Å². The number of allylic oxidation sites excluding steroid dienone is 4. The average Bonchev–Trinajstić information content (AvgIpc) is 2.83. The van der Waals surface area contributed by atoms with E-state index in [1.165, 1.54) is 36.8 Å². The number of rotatable bonds is 14. The SMILES string of the molecule is C=C(/C(N)=C(\C=C/C)C(C)(CC)CC)C(C)(CC)CCCCC(C)(CC)c1ccccc1. The fourth-order valence-corrected chi connectivity index (χ4v) is 4.84. The zero-order valence-electron chi connectivity index (χ0n) is 22.5. The summed E-state index contributed by atoms with van der Waals surface area (Å²) in [6, 6.07) is 11.0. The van der Waals surface area contributed by atoms with Gasteiger partial charge in [0, 0.05) is 5.70 Å². The zero-order chi connectivity index (χ0) is 24.4. The molecule has 2 atom stereocenters. The van der Waals surface area contributed by atoms with Crippen molar-refractivity contribution in [3.63, 3.8) is 0 Å². The van der Waals surface area contributed by atoms with Gasteiger partial charge in [0.05, 0.1) is 0 Å². The van der Waals surface area contributed by atoms with Crippen molar-refractivity contribution >= 4 is 0 Å². The summed E-state index contributed by atoms with van der Waals surface area (Å²) in [5.74, 6) is 0. The van der Waals surface area contributed by atoms with Crippen molar-refractivity contribution in [2.75, 3.05) is 0 Å². The van der Waals surface area contributed by atoms with Gasteiger partial charge in [0.25, 0.3) is 0 Å². The van der Waals surface area contributed by atoms with Crippen molar-refractivity contribution in [3.8, 4) is 0 Å². The molecule has 32 heavy (non-hydrogen) atoms. The van der Waals surface area contributed by atoms with Gasteiger partial charge >= 0.3 is 0 Å². The summed E-state index contributed by atoms with van der Waals surface area (Å²) >= 11 is 0. The van der Waals surface area contributed by atoms with Crippen molar-refractivity contribution in [1.29, 1.82) is 0 Å². The highest BCUT2D eigenvalue weighted by Crippen LogP contribution is 2.44. The van der Waals surface area contributed by atoms with Gasteiger partial charge in [0.15, 0.2) is 0 Å². The maximum atomic E-state index is 6.85. The molecule has 0 aliphatic rings. The van der Waals surface area contributed by atoms with Gasteiger partial charge in [0.1, 0.15) is 0 Å². The predicted molar refractivity (Wildman–Crippen MR) is 145 cm³/mol. The molecule has 0 aliphatic heterocycles. The quantitative estimate of drug-likeness (QED) is 0.227. The summed E-state index contributed by atoms with van der Waals surface area (Å²) in [6.07, 6.45) is 13.5. The number of benzene rings is 1. The lowest BCUT2D eigenvalue weighted by Crippen LogP contribution is -2.27. The Bertz CT molecular complexity index is 765. The molecule has 0 saturated carbocycles. The van der Waals surface area contributed by atoms with Crippen molar-refractivity contribution in [2.24, 2.45) is 16.6 Å². The lowest BCUT2D eigenvalue weighted by Gasteiger charge is -2.36. The van der Waals surface area contributed by atoms with Gasteiger partial charge in [-0.25, -0.2) is 0 Å². The third-order valence-electron chi connectivity index (χ3n) is 8.63. The average molecular weight is 438 g/mol. The van der Waals surface area contributed by atoms with E-state index in [0.717, 1.165) is 37.0 Å². The van der Waals surface area contributed by atoms with Crippen LogP contribution < -0.4 is 5.73 Å². The second kappa shape index (κ2) is 12.5. The van der Waals surface area contributed by atoms with Crippen molar-refractivity contribution in [3.05, 3.63) is 71.5 Å². The summed E-state index contributed by atoms with van der Waals surface area (Å²) in [5.41, 5.74) is 12.0. The van der Waals surface area contributed by atoms with E-state index in [1.54, 1.807) is 0 Å². The van der Waals surface area contributed by atoms with E-state index in [4.69, 9.17) is 5.73 Å². The zero-order valence-corrected chi connectivity index (χ0v) is 22.5. The number of nitrogens with two attached hydrogens (primary N) is 1. The second-order valence-electron chi connectivity index (χ2n) is 10.5. The minimum atomic E-state index is 0.0364. The molecule has 180 valence electrons. The molecule has 0 radical (unpaired) electrons. The van der Waals surface area contributed by atoms with Gasteiger partial charge in [-0.05, 0) is 78.4 Å². The summed E-state index contributed by atoms with van der Waals surface area (Å²) in [7, 11) is 0. The molecule has 0 fully saturated rings. The summed E-state index contributed by atoms with van der Waals surface area (Å²) in [6.45, 7) is 22.9. The Morgan fingerprint density at radius 1 is 0.844 bits per heavy atom. The molecule has 0 bridgehead atoms. The van der Waals surface area contributed by atoms with E-state index < -0.39 is 0 Å². The van der Waals surface area contributed by atoms with Crippen LogP contribution in [0.15, 0.2) is 65.9 Å². The van der Waals surface area contributed by atoms with Gasteiger partial charge < -0.3 is 5.73 Å². The maximum absolute atomic E-state index is 6.85. The maximum Gasteiger partial charge on any atom is 0.0384 e. The minimum Gasteiger partial charge on any atom is -0.398 e. The monoisotopic (exact) mass is 437 g/mol.